The largest absolute Gasteiger partial charge is 0.346 e. The Kier molecular flexibility index (Phi) is 4.87. The molecule has 0 spiro atoms. The van der Waals surface area contributed by atoms with Crippen molar-refractivity contribution in [3.63, 3.8) is 0 Å². The van der Waals surface area contributed by atoms with Crippen molar-refractivity contribution < 1.29 is 4.39 Å². The molecule has 2 rings (SSSR count). The molecule has 2 aromatic rings. The molecule has 0 radical (unpaired) electrons. The molecule has 1 aromatic heterocycles. The summed E-state index contributed by atoms with van der Waals surface area (Å²) < 4.78 is 12.5. The molecule has 0 saturated heterocycles. The van der Waals surface area contributed by atoms with Gasteiger partial charge in [0.15, 0.2) is 0 Å². The molecule has 0 aliphatic heterocycles. The van der Waals surface area contributed by atoms with Crippen molar-refractivity contribution in [2.24, 2.45) is 0 Å². The van der Waals surface area contributed by atoms with Crippen molar-refractivity contribution in [2.75, 3.05) is 0 Å². The number of halogens is 4. The van der Waals surface area contributed by atoms with E-state index in [0.717, 1.165) is 22.9 Å². The predicted molar refractivity (Wildman–Crippen MR) is 84.3 cm³/mol. The van der Waals surface area contributed by atoms with E-state index in [1.807, 2.05) is 0 Å². The number of rotatable bonds is 2. The van der Waals surface area contributed by atoms with Gasteiger partial charge in [-0.15, -0.1) is 0 Å². The highest BCUT2D eigenvalue weighted by Crippen LogP contribution is 2.38. The number of benzene rings is 1. The van der Waals surface area contributed by atoms with Crippen molar-refractivity contribution in [2.45, 2.75) is 3.12 Å². The second-order valence-corrected chi connectivity index (χ2v) is 8.03. The number of nitriles is 1. The van der Waals surface area contributed by atoms with E-state index in [-0.39, 0.29) is 11.3 Å². The van der Waals surface area contributed by atoms with Gasteiger partial charge >= 0.3 is 5.69 Å². The van der Waals surface area contributed by atoms with Crippen molar-refractivity contribution >= 4 is 46.8 Å². The fourth-order valence-electron chi connectivity index (χ4n) is 1.58. The number of aromatic nitrogens is 2. The summed E-state index contributed by atoms with van der Waals surface area (Å²) >= 11 is 17.1. The van der Waals surface area contributed by atoms with Crippen LogP contribution in [0.25, 0.3) is 5.69 Å². The molecule has 0 saturated carbocycles. The highest BCUT2D eigenvalue weighted by molar-refractivity contribution is 8.03. The Morgan fingerprint density at radius 3 is 2.27 bits per heavy atom. The molecule has 10 heteroatoms. The van der Waals surface area contributed by atoms with Gasteiger partial charge in [0.25, 0.3) is 8.68 Å². The Morgan fingerprint density at radius 1 is 1.18 bits per heavy atom. The lowest BCUT2D eigenvalue weighted by Gasteiger charge is -2.13. The first-order chi connectivity index (χ1) is 10.2. The van der Waals surface area contributed by atoms with Gasteiger partial charge in [-0.05, 0) is 24.3 Å². The van der Waals surface area contributed by atoms with Gasteiger partial charge in [-0.3, -0.25) is 9.36 Å². The summed E-state index contributed by atoms with van der Waals surface area (Å²) in [6, 6.07) is 6.55. The third kappa shape index (κ3) is 3.65. The Morgan fingerprint density at radius 2 is 1.77 bits per heavy atom. The zero-order valence-corrected chi connectivity index (χ0v) is 13.5. The molecular formula is C12H5Cl3FN3O2S. The van der Waals surface area contributed by atoms with E-state index in [0.29, 0.717) is 15.9 Å². The highest BCUT2D eigenvalue weighted by Gasteiger charge is 2.26. The van der Waals surface area contributed by atoms with Crippen LogP contribution in [-0.4, -0.2) is 11.7 Å². The van der Waals surface area contributed by atoms with Gasteiger partial charge in [-0.2, -0.15) is 9.23 Å². The summed E-state index contributed by atoms with van der Waals surface area (Å²) in [6.45, 7) is 0. The Labute approximate surface area is 142 Å². The Bertz CT molecular complexity index is 866. The van der Waals surface area contributed by atoms with Crippen LogP contribution in [0.3, 0.4) is 0 Å². The summed E-state index contributed by atoms with van der Waals surface area (Å²) in [4.78, 5) is 24.4. The summed E-state index contributed by atoms with van der Waals surface area (Å²) in [7, 11) is 0. The molecule has 114 valence electrons. The van der Waals surface area contributed by atoms with Crippen LogP contribution in [0.2, 0.25) is 0 Å². The van der Waals surface area contributed by atoms with Crippen LogP contribution >= 0.6 is 46.8 Å². The second-order valence-electron chi connectivity index (χ2n) is 3.92. The van der Waals surface area contributed by atoms with Gasteiger partial charge in [0.05, 0.1) is 5.69 Å². The average Bonchev–Trinajstić information content (AvgIpc) is 2.44. The van der Waals surface area contributed by atoms with Crippen molar-refractivity contribution in [3.05, 3.63) is 62.7 Å². The molecular weight excluding hydrogens is 376 g/mol. The number of alkyl halides is 3. The quantitative estimate of drug-likeness (QED) is 0.751. The van der Waals surface area contributed by atoms with E-state index in [1.165, 1.54) is 12.1 Å². The summed E-state index contributed by atoms with van der Waals surface area (Å²) in [6.07, 6.45) is 1.05. The highest BCUT2D eigenvalue weighted by atomic mass is 35.6. The van der Waals surface area contributed by atoms with Crippen LogP contribution in [0.5, 0.6) is 0 Å². The third-order valence-electron chi connectivity index (χ3n) is 2.47. The van der Waals surface area contributed by atoms with E-state index in [9.17, 15) is 14.0 Å². The smallest absolute Gasteiger partial charge is 0.267 e. The maximum Gasteiger partial charge on any atom is 0.346 e. The van der Waals surface area contributed by atoms with Crippen LogP contribution in [-0.2, 0) is 0 Å². The van der Waals surface area contributed by atoms with E-state index in [4.69, 9.17) is 40.1 Å². The maximum absolute atomic E-state index is 13.0. The summed E-state index contributed by atoms with van der Waals surface area (Å²) in [5, 5.41) is 9.00. The van der Waals surface area contributed by atoms with E-state index in [2.05, 4.69) is 0 Å². The molecule has 0 bridgehead atoms. The van der Waals surface area contributed by atoms with Crippen LogP contribution in [0.15, 0.2) is 40.1 Å². The van der Waals surface area contributed by atoms with Gasteiger partial charge in [-0.25, -0.2) is 9.18 Å². The molecule has 22 heavy (non-hydrogen) atoms. The van der Waals surface area contributed by atoms with Crippen LogP contribution in [0, 0.1) is 17.1 Å². The Hall–Kier alpha value is -1.46. The van der Waals surface area contributed by atoms with Gasteiger partial charge < -0.3 is 0 Å². The second kappa shape index (κ2) is 6.34. The van der Waals surface area contributed by atoms with Crippen molar-refractivity contribution in [1.82, 2.24) is 8.54 Å². The fourth-order valence-corrected chi connectivity index (χ4v) is 2.76. The molecule has 1 aromatic carbocycles. The zero-order valence-electron chi connectivity index (χ0n) is 10.5. The SMILES string of the molecule is N#Cc1cn(-c2ccc(F)cc2)c(=O)n(SC(Cl)(Cl)Cl)c1=O. The first-order valence-electron chi connectivity index (χ1n) is 5.54. The topological polar surface area (TPSA) is 67.8 Å². The molecule has 0 atom stereocenters. The monoisotopic (exact) mass is 379 g/mol. The molecule has 0 fully saturated rings. The van der Waals surface area contributed by atoms with Crippen LogP contribution in [0.4, 0.5) is 4.39 Å². The molecule has 5 nitrogen and oxygen atoms in total. The standard InChI is InChI=1S/C12H5Cl3FN3O2S/c13-12(14,15)22-19-10(20)7(5-17)6-18(11(19)21)9-3-1-8(16)2-4-9/h1-4,6H. The van der Waals surface area contributed by atoms with Crippen molar-refractivity contribution in [3.8, 4) is 11.8 Å². The average molecular weight is 381 g/mol. The van der Waals surface area contributed by atoms with E-state index in [1.54, 1.807) is 6.07 Å². The van der Waals surface area contributed by atoms with Gasteiger partial charge in [-0.1, -0.05) is 34.8 Å². The minimum Gasteiger partial charge on any atom is -0.267 e. The van der Waals surface area contributed by atoms with E-state index < -0.39 is 20.2 Å². The third-order valence-corrected chi connectivity index (χ3v) is 3.81. The number of nitrogens with zero attached hydrogens (tertiary/aromatic N) is 3. The van der Waals surface area contributed by atoms with Crippen LogP contribution in [0.1, 0.15) is 5.56 Å². The number of hydrogen-bond acceptors (Lipinski definition) is 4. The predicted octanol–water partition coefficient (Wildman–Crippen LogP) is 2.83. The molecule has 0 aliphatic rings. The lowest BCUT2D eigenvalue weighted by Crippen LogP contribution is -2.38. The minimum atomic E-state index is -1.97. The maximum atomic E-state index is 13.0. The molecule has 0 amide bonds. The number of hydrogen-bond donors (Lipinski definition) is 0. The lowest BCUT2D eigenvalue weighted by molar-refractivity contribution is 0.627. The first-order valence-corrected chi connectivity index (χ1v) is 7.44. The van der Waals surface area contributed by atoms with Gasteiger partial charge in [0, 0.05) is 18.1 Å². The summed E-state index contributed by atoms with van der Waals surface area (Å²) in [5.41, 5.74) is -1.82. The molecule has 0 unspecified atom stereocenters. The Balaban J connectivity index is 2.74. The van der Waals surface area contributed by atoms with Crippen LogP contribution < -0.4 is 11.2 Å². The lowest BCUT2D eigenvalue weighted by atomic mass is 10.3. The molecule has 1 heterocycles. The van der Waals surface area contributed by atoms with Gasteiger partial charge in [0.2, 0.25) is 0 Å². The fraction of sp³-hybridized carbons (Fsp3) is 0.0833. The zero-order chi connectivity index (χ0) is 16.5. The van der Waals surface area contributed by atoms with Crippen molar-refractivity contribution in [1.29, 1.82) is 5.26 Å². The summed E-state index contributed by atoms with van der Waals surface area (Å²) in [5.74, 6) is -0.499. The van der Waals surface area contributed by atoms with Gasteiger partial charge in [0.1, 0.15) is 17.4 Å². The minimum absolute atomic E-state index is 0.251. The normalized spacial score (nSPS) is 11.2. The van der Waals surface area contributed by atoms with E-state index >= 15 is 0 Å². The molecule has 0 N–H and O–H groups in total. The first kappa shape index (κ1) is 16.9. The molecule has 0 aliphatic carbocycles.